The van der Waals surface area contributed by atoms with Gasteiger partial charge in [-0.05, 0) is 76.5 Å². The van der Waals surface area contributed by atoms with E-state index in [1.165, 1.54) is 19.3 Å². The Morgan fingerprint density at radius 2 is 0.900 bits per heavy atom. The maximum Gasteiger partial charge on any atom is 0.303 e. The molecule has 0 bridgehead atoms. The van der Waals surface area contributed by atoms with Gasteiger partial charge in [0.05, 0.1) is 0 Å². The molecule has 1 unspecified atom stereocenters. The number of carboxylic acid groups (broad SMARTS) is 2. The Morgan fingerprint density at radius 1 is 0.500 bits per heavy atom. The largest absolute Gasteiger partial charge is 0.481 e. The second-order valence-corrected chi connectivity index (χ2v) is 10.7. The van der Waals surface area contributed by atoms with E-state index in [9.17, 15) is 14.7 Å². The molecular weight excluding hydrogens is 496 g/mol. The molecule has 0 saturated carbocycles. The molecule has 4 nitrogen and oxygen atoms in total. The van der Waals surface area contributed by atoms with Crippen molar-refractivity contribution in [3.05, 3.63) is 72.9 Å². The molecule has 0 aromatic rings. The van der Waals surface area contributed by atoms with Gasteiger partial charge in [-0.25, -0.2) is 0 Å². The fourth-order valence-electron chi connectivity index (χ4n) is 4.52. The molecule has 0 aliphatic carbocycles. The molecule has 0 amide bonds. The smallest absolute Gasteiger partial charge is 0.303 e. The Kier molecular flexibility index (Phi) is 28.9. The second kappa shape index (κ2) is 30.9. The fourth-order valence-corrected chi connectivity index (χ4v) is 4.52. The van der Waals surface area contributed by atoms with Crippen LogP contribution < -0.4 is 0 Å². The first kappa shape index (κ1) is 37.4. The van der Waals surface area contributed by atoms with E-state index in [0.29, 0.717) is 12.3 Å². The van der Waals surface area contributed by atoms with Crippen LogP contribution >= 0.6 is 0 Å². The summed E-state index contributed by atoms with van der Waals surface area (Å²) in [6.07, 6.45) is 45.9. The van der Waals surface area contributed by atoms with Crippen LogP contribution in [-0.4, -0.2) is 22.2 Å². The molecule has 0 saturated heterocycles. The van der Waals surface area contributed by atoms with Crippen LogP contribution in [0.5, 0.6) is 0 Å². The van der Waals surface area contributed by atoms with Gasteiger partial charge in [0.25, 0.3) is 0 Å². The van der Waals surface area contributed by atoms with Crippen LogP contribution in [0.25, 0.3) is 0 Å². The van der Waals surface area contributed by atoms with Gasteiger partial charge in [-0.15, -0.1) is 0 Å². The van der Waals surface area contributed by atoms with Gasteiger partial charge in [0.2, 0.25) is 0 Å². The van der Waals surface area contributed by atoms with Gasteiger partial charge in [0.15, 0.2) is 0 Å². The third kappa shape index (κ3) is 31.6. The molecule has 1 atom stereocenters. The Morgan fingerprint density at radius 3 is 1.35 bits per heavy atom. The summed E-state index contributed by atoms with van der Waals surface area (Å²) in [5.74, 6) is -1.07. The lowest BCUT2D eigenvalue weighted by Gasteiger charge is -2.14. The van der Waals surface area contributed by atoms with E-state index >= 15 is 0 Å². The monoisotopic (exact) mass is 554 g/mol. The summed E-state index contributed by atoms with van der Waals surface area (Å²) in [5.41, 5.74) is 0. The highest BCUT2D eigenvalue weighted by atomic mass is 16.4. The summed E-state index contributed by atoms with van der Waals surface area (Å²) in [4.78, 5) is 21.7. The van der Waals surface area contributed by atoms with Crippen LogP contribution in [0.4, 0.5) is 0 Å². The van der Waals surface area contributed by atoms with E-state index in [-0.39, 0.29) is 6.42 Å². The van der Waals surface area contributed by atoms with E-state index < -0.39 is 11.9 Å². The molecule has 4 heteroatoms. The van der Waals surface area contributed by atoms with Gasteiger partial charge >= 0.3 is 11.9 Å². The number of unbranched alkanes of at least 4 members (excludes halogenated alkanes) is 12. The number of rotatable bonds is 28. The molecule has 0 spiro atoms. The second-order valence-electron chi connectivity index (χ2n) is 10.7. The third-order valence-corrected chi connectivity index (χ3v) is 6.88. The molecule has 226 valence electrons. The quantitative estimate of drug-likeness (QED) is 0.0745. The molecule has 0 radical (unpaired) electrons. The predicted molar refractivity (Wildman–Crippen MR) is 172 cm³/mol. The summed E-state index contributed by atoms with van der Waals surface area (Å²) < 4.78 is 0. The van der Waals surface area contributed by atoms with Crippen molar-refractivity contribution < 1.29 is 19.8 Å². The highest BCUT2D eigenvalue weighted by molar-refractivity contribution is 5.67. The van der Waals surface area contributed by atoms with E-state index in [1.807, 2.05) is 0 Å². The molecule has 0 heterocycles. The lowest BCUT2D eigenvalue weighted by atomic mass is 9.92. The number of carboxylic acids is 2. The number of hydrogen-bond donors (Lipinski definition) is 2. The van der Waals surface area contributed by atoms with Gasteiger partial charge in [-0.1, -0.05) is 125 Å². The van der Waals surface area contributed by atoms with E-state index in [2.05, 4.69) is 79.8 Å². The van der Waals surface area contributed by atoms with Crippen LogP contribution in [0.3, 0.4) is 0 Å². The zero-order chi connectivity index (χ0) is 29.4. The van der Waals surface area contributed by atoms with Gasteiger partial charge in [0, 0.05) is 12.8 Å². The fraction of sp³-hybridized carbons (Fsp3) is 0.611. The normalized spacial score (nSPS) is 13.3. The van der Waals surface area contributed by atoms with Gasteiger partial charge < -0.3 is 10.2 Å². The van der Waals surface area contributed by atoms with E-state index in [0.717, 1.165) is 96.3 Å². The van der Waals surface area contributed by atoms with Crippen molar-refractivity contribution in [3.63, 3.8) is 0 Å². The highest BCUT2D eigenvalue weighted by Gasteiger charge is 2.12. The van der Waals surface area contributed by atoms with Gasteiger partial charge in [-0.3, -0.25) is 9.59 Å². The molecule has 0 aromatic carbocycles. The van der Waals surface area contributed by atoms with E-state index in [1.54, 1.807) is 0 Å². The maximum atomic E-state index is 11.3. The first-order valence-electron chi connectivity index (χ1n) is 16.0. The van der Waals surface area contributed by atoms with Crippen molar-refractivity contribution in [3.8, 4) is 0 Å². The Balaban J connectivity index is 3.83. The summed E-state index contributed by atoms with van der Waals surface area (Å²) in [6, 6.07) is 0. The Hall–Kier alpha value is -2.62. The minimum atomic E-state index is -0.701. The molecule has 0 aliphatic heterocycles. The molecule has 2 N–H and O–H groups in total. The van der Waals surface area contributed by atoms with Crippen molar-refractivity contribution in [2.45, 2.75) is 135 Å². The van der Waals surface area contributed by atoms with Crippen molar-refractivity contribution in [2.24, 2.45) is 5.92 Å². The molecule has 0 rings (SSSR count). The average molecular weight is 555 g/mol. The minimum Gasteiger partial charge on any atom is -0.481 e. The molecular formula is C36H58O4. The Bertz CT molecular complexity index is 770. The topological polar surface area (TPSA) is 74.6 Å². The number of allylic oxidation sites excluding steroid dienone is 12. The minimum absolute atomic E-state index is 0.283. The first-order chi connectivity index (χ1) is 19.6. The van der Waals surface area contributed by atoms with E-state index in [4.69, 9.17) is 5.11 Å². The summed E-state index contributed by atoms with van der Waals surface area (Å²) in [5, 5.41) is 17.9. The molecule has 0 aliphatic rings. The predicted octanol–water partition coefficient (Wildman–Crippen LogP) is 10.9. The van der Waals surface area contributed by atoms with Crippen molar-refractivity contribution >= 4 is 11.9 Å². The van der Waals surface area contributed by atoms with Gasteiger partial charge in [0.1, 0.15) is 0 Å². The zero-order valence-corrected chi connectivity index (χ0v) is 25.4. The summed E-state index contributed by atoms with van der Waals surface area (Å²) >= 11 is 0. The average Bonchev–Trinajstić information content (AvgIpc) is 2.92. The molecule has 0 fully saturated rings. The molecule has 0 aromatic heterocycles. The standard InChI is InChI=1S/C36H58O4/c1-2-3-4-5-6-7-8-12-15-18-21-24-27-30-34(33-36(39)40)31-28-25-22-19-16-13-10-9-11-14-17-20-23-26-29-32-35(37)38/h6-16,18,34H,2-5,17,19-33H2,1H3,(H,37,38)(H,39,40). The van der Waals surface area contributed by atoms with Crippen LogP contribution in [-0.2, 0) is 9.59 Å². The van der Waals surface area contributed by atoms with Crippen LogP contribution in [0, 0.1) is 5.92 Å². The van der Waals surface area contributed by atoms with Crippen LogP contribution in [0.1, 0.15) is 135 Å². The summed E-state index contributed by atoms with van der Waals surface area (Å²) in [7, 11) is 0. The third-order valence-electron chi connectivity index (χ3n) is 6.88. The van der Waals surface area contributed by atoms with Crippen molar-refractivity contribution in [2.75, 3.05) is 0 Å². The zero-order valence-electron chi connectivity index (χ0n) is 25.4. The number of aliphatic carboxylic acids is 2. The van der Waals surface area contributed by atoms with Gasteiger partial charge in [-0.2, -0.15) is 0 Å². The number of hydrogen-bond acceptors (Lipinski definition) is 2. The van der Waals surface area contributed by atoms with Crippen molar-refractivity contribution in [1.29, 1.82) is 0 Å². The first-order valence-corrected chi connectivity index (χ1v) is 16.0. The summed E-state index contributed by atoms with van der Waals surface area (Å²) in [6.45, 7) is 2.23. The number of carbonyl (C=O) groups is 2. The highest BCUT2D eigenvalue weighted by Crippen LogP contribution is 2.21. The Labute approximate surface area is 245 Å². The molecule has 40 heavy (non-hydrogen) atoms. The maximum absolute atomic E-state index is 11.3. The lowest BCUT2D eigenvalue weighted by molar-refractivity contribution is -0.138. The SMILES string of the molecule is CCCCCC=CC=CC=CCCCCC(CCCCCC=CC=CC=CCCCCCCC(=O)O)CC(=O)O. The van der Waals surface area contributed by atoms with Crippen LogP contribution in [0.2, 0.25) is 0 Å². The van der Waals surface area contributed by atoms with Crippen LogP contribution in [0.15, 0.2) is 72.9 Å². The lowest BCUT2D eigenvalue weighted by Crippen LogP contribution is -2.08. The van der Waals surface area contributed by atoms with Crippen molar-refractivity contribution in [1.82, 2.24) is 0 Å².